The summed E-state index contributed by atoms with van der Waals surface area (Å²) in [7, 11) is 0. The first kappa shape index (κ1) is 18.2. The molecule has 0 radical (unpaired) electrons. The number of aromatic nitrogens is 2. The smallest absolute Gasteiger partial charge is 0.325 e. The minimum atomic E-state index is -0.262. The molecule has 0 spiro atoms. The van der Waals surface area contributed by atoms with Crippen LogP contribution in [0.2, 0.25) is 0 Å². The van der Waals surface area contributed by atoms with E-state index in [9.17, 15) is 9.59 Å². The van der Waals surface area contributed by atoms with Gasteiger partial charge in [-0.3, -0.25) is 9.69 Å². The Morgan fingerprint density at radius 2 is 2.00 bits per heavy atom. The number of nitrogens with one attached hydrogen (secondary N) is 1. The lowest BCUT2D eigenvalue weighted by Gasteiger charge is -2.18. The van der Waals surface area contributed by atoms with E-state index >= 15 is 0 Å². The first-order chi connectivity index (χ1) is 13.7. The highest BCUT2D eigenvalue weighted by molar-refractivity contribution is 7.00. The summed E-state index contributed by atoms with van der Waals surface area (Å²) in [6.45, 7) is 3.52. The van der Waals surface area contributed by atoms with E-state index in [0.29, 0.717) is 30.9 Å². The molecule has 0 saturated carbocycles. The van der Waals surface area contributed by atoms with Gasteiger partial charge in [0, 0.05) is 18.8 Å². The molecule has 1 aromatic heterocycles. The van der Waals surface area contributed by atoms with Crippen LogP contribution in [0.25, 0.3) is 11.0 Å². The van der Waals surface area contributed by atoms with Crippen LogP contribution in [0.15, 0.2) is 42.5 Å². The molecule has 1 aliphatic rings. The Kier molecular flexibility index (Phi) is 5.07. The zero-order valence-corrected chi connectivity index (χ0v) is 16.1. The van der Waals surface area contributed by atoms with Gasteiger partial charge in [0.25, 0.3) is 0 Å². The second kappa shape index (κ2) is 7.81. The molecule has 0 unspecified atom stereocenters. The molecule has 9 heteroatoms. The predicted molar refractivity (Wildman–Crippen MR) is 108 cm³/mol. The molecule has 4 rings (SSSR count). The lowest BCUT2D eigenvalue weighted by molar-refractivity contribution is -0.116. The average molecular weight is 397 g/mol. The van der Waals surface area contributed by atoms with Crippen LogP contribution in [0.3, 0.4) is 0 Å². The van der Waals surface area contributed by atoms with Gasteiger partial charge in [0.05, 0.1) is 24.0 Å². The number of amides is 3. The highest BCUT2D eigenvalue weighted by Crippen LogP contribution is 2.24. The number of urea groups is 1. The van der Waals surface area contributed by atoms with E-state index in [-0.39, 0.29) is 18.5 Å². The Balaban J connectivity index is 1.39. The van der Waals surface area contributed by atoms with Gasteiger partial charge in [-0.15, -0.1) is 0 Å². The zero-order valence-electron chi connectivity index (χ0n) is 15.3. The Morgan fingerprint density at radius 3 is 2.79 bits per heavy atom. The van der Waals surface area contributed by atoms with E-state index in [4.69, 9.17) is 4.74 Å². The molecule has 0 bridgehead atoms. The fourth-order valence-electron chi connectivity index (χ4n) is 3.13. The number of carbonyl (C=O) groups excluding carboxylic acids is 2. The van der Waals surface area contributed by atoms with Gasteiger partial charge in [0.1, 0.15) is 23.3 Å². The van der Waals surface area contributed by atoms with Crippen molar-refractivity contribution in [3.63, 3.8) is 0 Å². The Bertz CT molecular complexity index is 1000. The molecule has 144 valence electrons. The van der Waals surface area contributed by atoms with Crippen LogP contribution in [0.5, 0.6) is 5.75 Å². The third-order valence-corrected chi connectivity index (χ3v) is 4.99. The van der Waals surface area contributed by atoms with Crippen LogP contribution in [-0.2, 0) is 4.79 Å². The van der Waals surface area contributed by atoms with Gasteiger partial charge in [0.15, 0.2) is 0 Å². The summed E-state index contributed by atoms with van der Waals surface area (Å²) in [5.74, 6) is 0.502. The minimum absolute atomic E-state index is 0.0136. The van der Waals surface area contributed by atoms with Gasteiger partial charge < -0.3 is 15.0 Å². The summed E-state index contributed by atoms with van der Waals surface area (Å²) < 4.78 is 13.8. The number of anilines is 2. The molecule has 2 aromatic carbocycles. The van der Waals surface area contributed by atoms with Crippen LogP contribution < -0.4 is 15.0 Å². The molecule has 2 heterocycles. The number of hydrogen-bond acceptors (Lipinski definition) is 6. The van der Waals surface area contributed by atoms with Crippen LogP contribution in [0.1, 0.15) is 6.92 Å². The molecular formula is C19H19N5O3S. The maximum Gasteiger partial charge on any atom is 0.325 e. The number of carbonyl (C=O) groups is 2. The van der Waals surface area contributed by atoms with E-state index in [2.05, 4.69) is 14.1 Å². The summed E-state index contributed by atoms with van der Waals surface area (Å²) in [6, 6.07) is 12.6. The van der Waals surface area contributed by atoms with Crippen molar-refractivity contribution in [3.05, 3.63) is 42.5 Å². The van der Waals surface area contributed by atoms with Gasteiger partial charge >= 0.3 is 6.03 Å². The number of benzene rings is 2. The first-order valence-electron chi connectivity index (χ1n) is 8.96. The monoisotopic (exact) mass is 397 g/mol. The zero-order chi connectivity index (χ0) is 19.5. The van der Waals surface area contributed by atoms with E-state index in [0.717, 1.165) is 28.7 Å². The third-order valence-electron chi connectivity index (χ3n) is 4.45. The fourth-order valence-corrected chi connectivity index (χ4v) is 3.68. The van der Waals surface area contributed by atoms with E-state index < -0.39 is 0 Å². The summed E-state index contributed by atoms with van der Waals surface area (Å²) in [5.41, 5.74) is 2.78. The van der Waals surface area contributed by atoms with Crippen molar-refractivity contribution < 1.29 is 14.3 Å². The van der Waals surface area contributed by atoms with E-state index in [1.165, 1.54) is 4.90 Å². The summed E-state index contributed by atoms with van der Waals surface area (Å²) in [4.78, 5) is 28.3. The molecular weight excluding hydrogens is 378 g/mol. The second-order valence-electron chi connectivity index (χ2n) is 6.27. The van der Waals surface area contributed by atoms with Crippen molar-refractivity contribution >= 4 is 46.1 Å². The maximum absolute atomic E-state index is 12.7. The Hall–Kier alpha value is -3.20. The third kappa shape index (κ3) is 3.61. The molecule has 0 atom stereocenters. The number of hydrogen-bond donors (Lipinski definition) is 1. The van der Waals surface area contributed by atoms with Gasteiger partial charge in [-0.1, -0.05) is 6.07 Å². The second-order valence-corrected chi connectivity index (χ2v) is 6.80. The molecule has 1 N–H and O–H groups in total. The maximum atomic E-state index is 12.7. The number of ether oxygens (including phenoxy) is 1. The predicted octanol–water partition coefficient (Wildman–Crippen LogP) is 2.97. The molecule has 3 aromatic rings. The van der Waals surface area contributed by atoms with E-state index in [1.807, 2.05) is 43.3 Å². The number of fused-ring (bicyclic) bond motifs is 1. The van der Waals surface area contributed by atoms with Crippen molar-refractivity contribution in [2.24, 2.45) is 0 Å². The lowest BCUT2D eigenvalue weighted by Crippen LogP contribution is -2.37. The molecule has 1 saturated heterocycles. The summed E-state index contributed by atoms with van der Waals surface area (Å²) >= 11 is 1.10. The van der Waals surface area contributed by atoms with Crippen molar-refractivity contribution in [3.8, 4) is 5.75 Å². The molecule has 28 heavy (non-hydrogen) atoms. The van der Waals surface area contributed by atoms with Crippen LogP contribution in [0.4, 0.5) is 16.2 Å². The Labute approximate surface area is 166 Å². The van der Waals surface area contributed by atoms with Gasteiger partial charge in [-0.2, -0.15) is 8.75 Å². The highest BCUT2D eigenvalue weighted by atomic mass is 32.1. The fraction of sp³-hybridized carbons (Fsp3) is 0.263. The van der Waals surface area contributed by atoms with Crippen molar-refractivity contribution in [2.45, 2.75) is 6.92 Å². The van der Waals surface area contributed by atoms with Crippen LogP contribution >= 0.6 is 11.7 Å². The number of rotatable bonds is 6. The van der Waals surface area contributed by atoms with Gasteiger partial charge in [0.2, 0.25) is 5.91 Å². The first-order valence-corrected chi connectivity index (χ1v) is 9.69. The standard InChI is InChI=1S/C19H19N5O3S/c1-2-27-14-8-6-13(7-9-14)24-11-10-23(19(24)26)12-17(25)20-15-4-3-5-16-18(15)22-28-21-16/h3-9H,2,10-12H2,1H3,(H,20,25). The molecule has 8 nitrogen and oxygen atoms in total. The molecule has 1 aliphatic heterocycles. The van der Waals surface area contributed by atoms with Crippen LogP contribution in [-0.4, -0.2) is 51.8 Å². The van der Waals surface area contributed by atoms with E-state index in [1.54, 1.807) is 11.0 Å². The highest BCUT2D eigenvalue weighted by Gasteiger charge is 2.31. The van der Waals surface area contributed by atoms with Gasteiger partial charge in [-0.05, 0) is 43.3 Å². The lowest BCUT2D eigenvalue weighted by atomic mass is 10.2. The summed E-state index contributed by atoms with van der Waals surface area (Å²) in [6.07, 6.45) is 0. The molecule has 1 fully saturated rings. The largest absolute Gasteiger partial charge is 0.494 e. The van der Waals surface area contributed by atoms with Crippen molar-refractivity contribution in [2.75, 3.05) is 36.5 Å². The number of nitrogens with zero attached hydrogens (tertiary/aromatic N) is 4. The average Bonchev–Trinajstić information content (AvgIpc) is 3.31. The van der Waals surface area contributed by atoms with Crippen LogP contribution in [0, 0.1) is 0 Å². The van der Waals surface area contributed by atoms with Crippen molar-refractivity contribution in [1.82, 2.24) is 13.6 Å². The topological polar surface area (TPSA) is 87.7 Å². The quantitative estimate of drug-likeness (QED) is 0.691. The SMILES string of the molecule is CCOc1ccc(N2CCN(CC(=O)Nc3cccc4nsnc34)C2=O)cc1. The summed E-state index contributed by atoms with van der Waals surface area (Å²) in [5, 5.41) is 2.83. The molecule has 3 amide bonds. The minimum Gasteiger partial charge on any atom is -0.494 e. The Morgan fingerprint density at radius 1 is 1.18 bits per heavy atom. The normalized spacial score (nSPS) is 14.0. The van der Waals surface area contributed by atoms with Crippen molar-refractivity contribution in [1.29, 1.82) is 0 Å². The van der Waals surface area contributed by atoms with Gasteiger partial charge in [-0.25, -0.2) is 4.79 Å². The molecule has 0 aliphatic carbocycles.